The zero-order valence-corrected chi connectivity index (χ0v) is 12.0. The molecule has 4 nitrogen and oxygen atoms in total. The van der Waals surface area contributed by atoms with Crippen molar-refractivity contribution >= 4 is 21.8 Å². The van der Waals surface area contributed by atoms with E-state index in [1.54, 1.807) is 12.4 Å². The summed E-state index contributed by atoms with van der Waals surface area (Å²) in [5.41, 5.74) is 2.65. The molecule has 0 aliphatic heterocycles. The first-order chi connectivity index (χ1) is 9.79. The number of aromatic amines is 1. The van der Waals surface area contributed by atoms with Gasteiger partial charge >= 0.3 is 0 Å². The lowest BCUT2D eigenvalue weighted by molar-refractivity contribution is 0.682. The number of nitrogens with one attached hydrogen (secondary N) is 1. The lowest BCUT2D eigenvalue weighted by Crippen LogP contribution is -1.99. The molecule has 5 heteroatoms. The van der Waals surface area contributed by atoms with Crippen LogP contribution in [-0.2, 0) is 10.8 Å². The number of imidazole rings is 1. The van der Waals surface area contributed by atoms with Crippen LogP contribution in [0.3, 0.4) is 0 Å². The zero-order valence-electron chi connectivity index (χ0n) is 11.2. The Morgan fingerprint density at radius 2 is 2.10 bits per heavy atom. The summed E-state index contributed by atoms with van der Waals surface area (Å²) in [6.07, 6.45) is 4.36. The summed E-state index contributed by atoms with van der Waals surface area (Å²) < 4.78 is 12.3. The molecule has 102 valence electrons. The highest BCUT2D eigenvalue weighted by atomic mass is 32.2. The third-order valence-corrected chi connectivity index (χ3v) is 4.69. The van der Waals surface area contributed by atoms with E-state index in [9.17, 15) is 4.21 Å². The Labute approximate surface area is 119 Å². The molecule has 0 saturated heterocycles. The molecule has 0 saturated carbocycles. The quantitative estimate of drug-likeness (QED) is 0.801. The van der Waals surface area contributed by atoms with Crippen molar-refractivity contribution in [1.82, 2.24) is 15.0 Å². The number of rotatable bonds is 4. The smallest absolute Gasteiger partial charge is 0.139 e. The van der Waals surface area contributed by atoms with Gasteiger partial charge in [0, 0.05) is 22.4 Å². The number of pyridine rings is 1. The first-order valence-electron chi connectivity index (χ1n) is 6.57. The highest BCUT2D eigenvalue weighted by Crippen LogP contribution is 2.26. The van der Waals surface area contributed by atoms with E-state index in [0.29, 0.717) is 5.75 Å². The van der Waals surface area contributed by atoms with E-state index in [1.807, 2.05) is 37.3 Å². The molecule has 20 heavy (non-hydrogen) atoms. The van der Waals surface area contributed by atoms with Crippen LogP contribution in [0.2, 0.25) is 0 Å². The number of hydrogen-bond donors (Lipinski definition) is 1. The minimum atomic E-state index is -0.993. The van der Waals surface area contributed by atoms with Crippen LogP contribution in [0.25, 0.3) is 22.4 Å². The van der Waals surface area contributed by atoms with Crippen molar-refractivity contribution in [2.45, 2.75) is 18.2 Å². The van der Waals surface area contributed by atoms with Gasteiger partial charge in [-0.25, -0.2) is 4.98 Å². The largest absolute Gasteiger partial charge is 0.337 e. The van der Waals surface area contributed by atoms with E-state index >= 15 is 0 Å². The summed E-state index contributed by atoms with van der Waals surface area (Å²) in [5.74, 6) is 1.41. The van der Waals surface area contributed by atoms with Gasteiger partial charge in [0.15, 0.2) is 0 Å². The molecule has 1 atom stereocenters. The van der Waals surface area contributed by atoms with Gasteiger partial charge in [-0.05, 0) is 18.6 Å². The third-order valence-electron chi connectivity index (χ3n) is 3.06. The van der Waals surface area contributed by atoms with Crippen molar-refractivity contribution in [2.75, 3.05) is 5.75 Å². The van der Waals surface area contributed by atoms with Gasteiger partial charge in [-0.2, -0.15) is 0 Å². The second kappa shape index (κ2) is 5.54. The first-order valence-corrected chi connectivity index (χ1v) is 7.89. The Balaban J connectivity index is 2.11. The van der Waals surface area contributed by atoms with E-state index in [0.717, 1.165) is 33.7 Å². The van der Waals surface area contributed by atoms with Crippen LogP contribution in [0.15, 0.2) is 47.6 Å². The van der Waals surface area contributed by atoms with E-state index in [4.69, 9.17) is 0 Å². The van der Waals surface area contributed by atoms with E-state index in [2.05, 4.69) is 15.0 Å². The maximum absolute atomic E-state index is 12.3. The average Bonchev–Trinajstić information content (AvgIpc) is 2.91. The molecule has 0 spiro atoms. The summed E-state index contributed by atoms with van der Waals surface area (Å²) >= 11 is 0. The Morgan fingerprint density at radius 1 is 1.25 bits per heavy atom. The minimum Gasteiger partial charge on any atom is -0.337 e. The van der Waals surface area contributed by atoms with Crippen molar-refractivity contribution in [1.29, 1.82) is 0 Å². The topological polar surface area (TPSA) is 58.6 Å². The number of H-pyrrole nitrogens is 1. The molecule has 1 aromatic carbocycles. The Bertz CT molecular complexity index is 733. The van der Waals surface area contributed by atoms with Crippen molar-refractivity contribution < 1.29 is 4.21 Å². The highest BCUT2D eigenvalue weighted by Gasteiger charge is 2.13. The monoisotopic (exact) mass is 285 g/mol. The fourth-order valence-corrected chi connectivity index (χ4v) is 3.37. The number of hydrogen-bond acceptors (Lipinski definition) is 3. The molecule has 1 N–H and O–H groups in total. The van der Waals surface area contributed by atoms with Crippen molar-refractivity contribution in [3.8, 4) is 11.4 Å². The molecule has 0 bridgehead atoms. The van der Waals surface area contributed by atoms with Gasteiger partial charge in [0.25, 0.3) is 0 Å². The van der Waals surface area contributed by atoms with Gasteiger partial charge in [-0.3, -0.25) is 9.19 Å². The van der Waals surface area contributed by atoms with E-state index in [1.165, 1.54) is 0 Å². The first kappa shape index (κ1) is 13.0. The number of aromatic nitrogens is 3. The Kier molecular flexibility index (Phi) is 3.60. The summed E-state index contributed by atoms with van der Waals surface area (Å²) in [4.78, 5) is 12.7. The average molecular weight is 285 g/mol. The third kappa shape index (κ3) is 2.36. The van der Waals surface area contributed by atoms with Crippen LogP contribution in [0.1, 0.15) is 13.3 Å². The van der Waals surface area contributed by atoms with E-state index in [-0.39, 0.29) is 0 Å². The molecule has 0 radical (unpaired) electrons. The SMILES string of the molecule is CCCS(=O)c1ccccc1-c1nc2ccncc2[nH]1. The van der Waals surface area contributed by atoms with E-state index < -0.39 is 10.8 Å². The second-order valence-electron chi connectivity index (χ2n) is 4.52. The van der Waals surface area contributed by atoms with Gasteiger partial charge in [-0.1, -0.05) is 25.1 Å². The molecule has 0 fully saturated rings. The number of benzene rings is 1. The molecule has 0 amide bonds. The minimum absolute atomic E-state index is 0.665. The van der Waals surface area contributed by atoms with Gasteiger partial charge in [0.05, 0.1) is 28.0 Å². The lowest BCUT2D eigenvalue weighted by atomic mass is 10.2. The zero-order chi connectivity index (χ0) is 13.9. The molecule has 3 rings (SSSR count). The van der Waals surface area contributed by atoms with Gasteiger partial charge in [0.1, 0.15) is 5.82 Å². The fourth-order valence-electron chi connectivity index (χ4n) is 2.14. The molecule has 2 aromatic heterocycles. The Hall–Kier alpha value is -2.01. The Morgan fingerprint density at radius 3 is 2.90 bits per heavy atom. The standard InChI is InChI=1S/C15H15N3OS/c1-2-9-20(19)14-6-4-3-5-11(14)15-17-12-7-8-16-10-13(12)18-15/h3-8,10H,2,9H2,1H3,(H,17,18). The van der Waals surface area contributed by atoms with Gasteiger partial charge in [0.2, 0.25) is 0 Å². The predicted octanol–water partition coefficient (Wildman–Crippen LogP) is 3.14. The molecule has 3 aromatic rings. The maximum Gasteiger partial charge on any atom is 0.139 e. The van der Waals surface area contributed by atoms with Crippen LogP contribution in [-0.4, -0.2) is 24.9 Å². The van der Waals surface area contributed by atoms with Crippen LogP contribution in [0, 0.1) is 0 Å². The van der Waals surface area contributed by atoms with Crippen LogP contribution in [0.5, 0.6) is 0 Å². The normalized spacial score (nSPS) is 12.7. The van der Waals surface area contributed by atoms with Gasteiger partial charge in [-0.15, -0.1) is 0 Å². The van der Waals surface area contributed by atoms with Gasteiger partial charge < -0.3 is 4.98 Å². The predicted molar refractivity (Wildman–Crippen MR) is 80.9 cm³/mol. The summed E-state index contributed by atoms with van der Waals surface area (Å²) in [5, 5.41) is 0. The van der Waals surface area contributed by atoms with Crippen LogP contribution >= 0.6 is 0 Å². The molecule has 2 heterocycles. The fraction of sp³-hybridized carbons (Fsp3) is 0.200. The van der Waals surface area contributed by atoms with Crippen LogP contribution in [0.4, 0.5) is 0 Å². The van der Waals surface area contributed by atoms with Crippen molar-refractivity contribution in [2.24, 2.45) is 0 Å². The van der Waals surface area contributed by atoms with Crippen molar-refractivity contribution in [3.63, 3.8) is 0 Å². The second-order valence-corrected chi connectivity index (χ2v) is 6.06. The maximum atomic E-state index is 12.3. The van der Waals surface area contributed by atoms with Crippen LogP contribution < -0.4 is 0 Å². The molecule has 0 aliphatic carbocycles. The molecule has 1 unspecified atom stereocenters. The molecular weight excluding hydrogens is 270 g/mol. The lowest BCUT2D eigenvalue weighted by Gasteiger charge is -2.06. The summed E-state index contributed by atoms with van der Waals surface area (Å²) in [6, 6.07) is 9.57. The summed E-state index contributed by atoms with van der Waals surface area (Å²) in [7, 11) is -0.993. The molecular formula is C15H15N3OS. The molecule has 0 aliphatic rings. The number of fused-ring (bicyclic) bond motifs is 1. The van der Waals surface area contributed by atoms with Crippen molar-refractivity contribution in [3.05, 3.63) is 42.7 Å². The summed E-state index contributed by atoms with van der Waals surface area (Å²) in [6.45, 7) is 2.04. The number of nitrogens with zero attached hydrogens (tertiary/aromatic N) is 2. The highest BCUT2D eigenvalue weighted by molar-refractivity contribution is 7.85.